The maximum Gasteiger partial charge on any atom is 0.304 e. The average molecular weight is 242 g/mol. The lowest BCUT2D eigenvalue weighted by Gasteiger charge is -2.17. The van der Waals surface area contributed by atoms with Gasteiger partial charge in [-0.15, -0.1) is 0 Å². The van der Waals surface area contributed by atoms with Gasteiger partial charge >= 0.3 is 5.97 Å². The Morgan fingerprint density at radius 1 is 1.56 bits per heavy atom. The van der Waals surface area contributed by atoms with Crippen molar-refractivity contribution in [3.05, 3.63) is 34.9 Å². The summed E-state index contributed by atoms with van der Waals surface area (Å²) in [5.74, 6) is -0.784. The molecule has 0 aromatic heterocycles. The molecule has 1 aromatic rings. The van der Waals surface area contributed by atoms with Gasteiger partial charge in [0.15, 0.2) is 0 Å². The molecule has 88 valence electrons. The number of hydrogen-bond acceptors (Lipinski definition) is 2. The van der Waals surface area contributed by atoms with Crippen LogP contribution in [0.15, 0.2) is 24.3 Å². The summed E-state index contributed by atoms with van der Waals surface area (Å²) in [5, 5.41) is 12.5. The van der Waals surface area contributed by atoms with E-state index in [2.05, 4.69) is 12.2 Å². The van der Waals surface area contributed by atoms with Crippen molar-refractivity contribution in [2.45, 2.75) is 25.8 Å². The summed E-state index contributed by atoms with van der Waals surface area (Å²) < 4.78 is 0. The fraction of sp³-hybridized carbons (Fsp3) is 0.417. The van der Waals surface area contributed by atoms with Gasteiger partial charge in [-0.3, -0.25) is 4.79 Å². The lowest BCUT2D eigenvalue weighted by Crippen LogP contribution is -2.23. The van der Waals surface area contributed by atoms with Crippen molar-refractivity contribution in [3.8, 4) is 0 Å². The van der Waals surface area contributed by atoms with Gasteiger partial charge in [0.1, 0.15) is 0 Å². The minimum atomic E-state index is -0.784. The summed E-state index contributed by atoms with van der Waals surface area (Å²) in [6, 6.07) is 7.80. The molecule has 0 saturated carbocycles. The monoisotopic (exact) mass is 241 g/mol. The zero-order chi connectivity index (χ0) is 12.0. The lowest BCUT2D eigenvalue weighted by molar-refractivity contribution is -0.136. The first kappa shape index (κ1) is 13.0. The topological polar surface area (TPSA) is 49.3 Å². The quantitative estimate of drug-likeness (QED) is 0.805. The minimum absolute atomic E-state index is 0.136. The van der Waals surface area contributed by atoms with Crippen LogP contribution < -0.4 is 5.32 Å². The molecule has 0 bridgehead atoms. The number of hydrogen-bond donors (Lipinski definition) is 2. The van der Waals surface area contributed by atoms with Crippen molar-refractivity contribution in [1.82, 2.24) is 5.32 Å². The Balaban J connectivity index is 2.57. The summed E-state index contributed by atoms with van der Waals surface area (Å²) >= 11 is 5.91. The van der Waals surface area contributed by atoms with Crippen molar-refractivity contribution in [1.29, 1.82) is 0 Å². The summed E-state index contributed by atoms with van der Waals surface area (Å²) in [7, 11) is 0. The third-order valence-corrected chi connectivity index (χ3v) is 2.62. The lowest BCUT2D eigenvalue weighted by atomic mass is 10.0. The molecule has 3 nitrogen and oxygen atoms in total. The molecular formula is C12H16ClNO2. The molecule has 0 heterocycles. The number of aliphatic carboxylic acids is 1. The Morgan fingerprint density at radius 3 is 2.88 bits per heavy atom. The van der Waals surface area contributed by atoms with Crippen LogP contribution in [0.25, 0.3) is 0 Å². The van der Waals surface area contributed by atoms with E-state index in [4.69, 9.17) is 16.7 Å². The third-order valence-electron chi connectivity index (χ3n) is 2.39. The maximum atomic E-state index is 10.4. The first-order chi connectivity index (χ1) is 7.63. The minimum Gasteiger partial charge on any atom is -0.481 e. The molecule has 0 fully saturated rings. The van der Waals surface area contributed by atoms with E-state index in [1.54, 1.807) is 0 Å². The van der Waals surface area contributed by atoms with Gasteiger partial charge in [0.25, 0.3) is 0 Å². The van der Waals surface area contributed by atoms with Gasteiger partial charge in [0.2, 0.25) is 0 Å². The van der Waals surface area contributed by atoms with Gasteiger partial charge < -0.3 is 10.4 Å². The first-order valence-corrected chi connectivity index (χ1v) is 5.72. The Kier molecular flexibility index (Phi) is 5.29. The molecule has 1 atom stereocenters. The van der Waals surface area contributed by atoms with Crippen molar-refractivity contribution in [3.63, 3.8) is 0 Å². The zero-order valence-electron chi connectivity index (χ0n) is 9.24. The van der Waals surface area contributed by atoms with E-state index < -0.39 is 5.97 Å². The predicted molar refractivity (Wildman–Crippen MR) is 64.7 cm³/mol. The van der Waals surface area contributed by atoms with Crippen LogP contribution in [0.5, 0.6) is 0 Å². The zero-order valence-corrected chi connectivity index (χ0v) is 10.00. The first-order valence-electron chi connectivity index (χ1n) is 5.34. The summed E-state index contributed by atoms with van der Waals surface area (Å²) in [4.78, 5) is 10.4. The normalized spacial score (nSPS) is 12.4. The van der Waals surface area contributed by atoms with Gasteiger partial charge in [0.05, 0.1) is 6.42 Å². The number of carbonyl (C=O) groups is 1. The van der Waals surface area contributed by atoms with Crippen LogP contribution in [0.3, 0.4) is 0 Å². The Morgan fingerprint density at radius 2 is 2.31 bits per heavy atom. The highest BCUT2D eigenvalue weighted by Crippen LogP contribution is 2.20. The third kappa shape index (κ3) is 4.21. The molecule has 16 heavy (non-hydrogen) atoms. The van der Waals surface area contributed by atoms with Crippen molar-refractivity contribution < 1.29 is 9.90 Å². The SMILES string of the molecule is CCC(NCCC(=O)O)c1cccc(Cl)c1. The van der Waals surface area contributed by atoms with Crippen LogP contribution >= 0.6 is 11.6 Å². The molecule has 0 radical (unpaired) electrons. The van der Waals surface area contributed by atoms with Crippen molar-refractivity contribution in [2.24, 2.45) is 0 Å². The van der Waals surface area contributed by atoms with Crippen LogP contribution in [0.1, 0.15) is 31.4 Å². The standard InChI is InChI=1S/C12H16ClNO2/c1-2-11(14-7-6-12(15)16)9-4-3-5-10(13)8-9/h3-5,8,11,14H,2,6-7H2,1H3,(H,15,16). The molecule has 4 heteroatoms. The second kappa shape index (κ2) is 6.51. The fourth-order valence-electron chi connectivity index (χ4n) is 1.57. The largest absolute Gasteiger partial charge is 0.481 e. The van der Waals surface area contributed by atoms with Gasteiger partial charge in [-0.25, -0.2) is 0 Å². The highest BCUT2D eigenvalue weighted by molar-refractivity contribution is 6.30. The molecule has 0 aliphatic heterocycles. The van der Waals surface area contributed by atoms with Crippen molar-refractivity contribution in [2.75, 3.05) is 6.54 Å². The summed E-state index contributed by atoms with van der Waals surface area (Å²) in [5.41, 5.74) is 1.10. The second-order valence-electron chi connectivity index (χ2n) is 3.61. The highest BCUT2D eigenvalue weighted by atomic mass is 35.5. The maximum absolute atomic E-state index is 10.4. The molecule has 0 saturated heterocycles. The summed E-state index contributed by atoms with van der Waals surface area (Å²) in [6.45, 7) is 2.53. The van der Waals surface area contributed by atoms with Gasteiger partial charge in [-0.05, 0) is 24.1 Å². The number of carboxylic acids is 1. The number of carboxylic acid groups (broad SMARTS) is 1. The smallest absolute Gasteiger partial charge is 0.304 e. The Labute approximate surface area is 100 Å². The van der Waals surface area contributed by atoms with E-state index in [1.165, 1.54) is 0 Å². The van der Waals surface area contributed by atoms with E-state index in [0.717, 1.165) is 12.0 Å². The van der Waals surface area contributed by atoms with E-state index in [9.17, 15) is 4.79 Å². The Bertz CT molecular complexity index is 355. The van der Waals surface area contributed by atoms with Crippen LogP contribution in [-0.4, -0.2) is 17.6 Å². The number of nitrogens with one attached hydrogen (secondary N) is 1. The average Bonchev–Trinajstić information content (AvgIpc) is 2.24. The molecule has 1 unspecified atom stereocenters. The van der Waals surface area contributed by atoms with Gasteiger partial charge in [0, 0.05) is 17.6 Å². The van der Waals surface area contributed by atoms with Crippen molar-refractivity contribution >= 4 is 17.6 Å². The number of halogens is 1. The van der Waals surface area contributed by atoms with E-state index in [0.29, 0.717) is 11.6 Å². The van der Waals surface area contributed by atoms with E-state index in [-0.39, 0.29) is 12.5 Å². The molecule has 0 aliphatic rings. The van der Waals surface area contributed by atoms with Crippen LogP contribution in [-0.2, 0) is 4.79 Å². The Hall–Kier alpha value is -1.06. The van der Waals surface area contributed by atoms with E-state index in [1.807, 2.05) is 24.3 Å². The molecule has 0 aliphatic carbocycles. The number of benzene rings is 1. The van der Waals surface area contributed by atoms with Crippen LogP contribution in [0, 0.1) is 0 Å². The molecule has 1 rings (SSSR count). The molecule has 0 spiro atoms. The van der Waals surface area contributed by atoms with E-state index >= 15 is 0 Å². The molecule has 2 N–H and O–H groups in total. The molecule has 0 amide bonds. The summed E-state index contributed by atoms with van der Waals surface area (Å²) in [6.07, 6.45) is 1.04. The molecule has 1 aromatic carbocycles. The van der Waals surface area contributed by atoms with Gasteiger partial charge in [-0.1, -0.05) is 30.7 Å². The van der Waals surface area contributed by atoms with Crippen LogP contribution in [0.2, 0.25) is 5.02 Å². The highest BCUT2D eigenvalue weighted by Gasteiger charge is 2.09. The van der Waals surface area contributed by atoms with Gasteiger partial charge in [-0.2, -0.15) is 0 Å². The second-order valence-corrected chi connectivity index (χ2v) is 4.05. The number of rotatable bonds is 6. The predicted octanol–water partition coefficient (Wildman–Crippen LogP) is 2.86. The molecular weight excluding hydrogens is 226 g/mol. The fourth-order valence-corrected chi connectivity index (χ4v) is 1.77. The van der Waals surface area contributed by atoms with Crippen LogP contribution in [0.4, 0.5) is 0 Å².